The molecule has 0 bridgehead atoms. The van der Waals surface area contributed by atoms with Crippen molar-refractivity contribution in [2.75, 3.05) is 26.6 Å². The predicted molar refractivity (Wildman–Crippen MR) is 113 cm³/mol. The number of carbonyl (C=O) groups excluding carboxylic acids is 1. The van der Waals surface area contributed by atoms with Gasteiger partial charge in [-0.1, -0.05) is 0 Å². The summed E-state index contributed by atoms with van der Waals surface area (Å²) in [6.07, 6.45) is 1.23. The lowest BCUT2D eigenvalue weighted by Crippen LogP contribution is -2.37. The first kappa shape index (κ1) is 22.3. The number of fused-ring (bicyclic) bond motifs is 1. The Bertz CT molecular complexity index is 1380. The Balaban J connectivity index is 2.15. The van der Waals surface area contributed by atoms with Crippen LogP contribution in [0.3, 0.4) is 0 Å². The lowest BCUT2D eigenvalue weighted by Gasteiger charge is -2.15. The smallest absolute Gasteiger partial charge is 0.332 e. The summed E-state index contributed by atoms with van der Waals surface area (Å²) < 4.78 is 17.5. The monoisotopic (exact) mass is 445 g/mol. The summed E-state index contributed by atoms with van der Waals surface area (Å²) >= 11 is 0. The minimum absolute atomic E-state index is 0.0422. The SMILES string of the molecule is COc1cc(C(=O)Nc2cnc3c(c2)c(=O)n(C)c(=O)n3C)c([N+](=O)[O-])c(OC)c1OC. The number of hydrogen-bond donors (Lipinski definition) is 1. The van der Waals surface area contributed by atoms with Crippen molar-refractivity contribution < 1.29 is 23.9 Å². The van der Waals surface area contributed by atoms with Gasteiger partial charge in [-0.05, 0) is 6.07 Å². The van der Waals surface area contributed by atoms with Gasteiger partial charge >= 0.3 is 11.4 Å². The van der Waals surface area contributed by atoms with Gasteiger partial charge in [0.05, 0.1) is 43.5 Å². The average Bonchev–Trinajstić information content (AvgIpc) is 2.79. The Morgan fingerprint density at radius 2 is 1.72 bits per heavy atom. The molecule has 0 saturated heterocycles. The molecule has 0 fully saturated rings. The van der Waals surface area contributed by atoms with Gasteiger partial charge in [0.1, 0.15) is 11.2 Å². The van der Waals surface area contributed by atoms with Crippen molar-refractivity contribution in [3.8, 4) is 17.2 Å². The fourth-order valence-electron chi connectivity index (χ4n) is 3.23. The number of nitrogens with one attached hydrogen (secondary N) is 1. The van der Waals surface area contributed by atoms with Crippen LogP contribution in [0.5, 0.6) is 17.2 Å². The van der Waals surface area contributed by atoms with Crippen molar-refractivity contribution in [1.29, 1.82) is 0 Å². The van der Waals surface area contributed by atoms with Crippen molar-refractivity contribution in [2.45, 2.75) is 0 Å². The summed E-state index contributed by atoms with van der Waals surface area (Å²) in [6.45, 7) is 0. The third-order valence-corrected chi connectivity index (χ3v) is 4.78. The zero-order valence-electron chi connectivity index (χ0n) is 17.8. The topological polar surface area (TPSA) is 157 Å². The minimum Gasteiger partial charge on any atom is -0.493 e. The van der Waals surface area contributed by atoms with Gasteiger partial charge in [0.15, 0.2) is 5.75 Å². The maximum absolute atomic E-state index is 13.0. The third kappa shape index (κ3) is 3.49. The van der Waals surface area contributed by atoms with Gasteiger partial charge in [-0.15, -0.1) is 0 Å². The number of nitro benzene ring substituents is 1. The van der Waals surface area contributed by atoms with Crippen LogP contribution in [-0.4, -0.2) is 46.3 Å². The van der Waals surface area contributed by atoms with Gasteiger partial charge < -0.3 is 19.5 Å². The summed E-state index contributed by atoms with van der Waals surface area (Å²) in [4.78, 5) is 52.5. The molecule has 1 N–H and O–H groups in total. The number of pyridine rings is 1. The number of rotatable bonds is 6. The highest BCUT2D eigenvalue weighted by Crippen LogP contribution is 2.46. The molecule has 0 atom stereocenters. The highest BCUT2D eigenvalue weighted by Gasteiger charge is 2.32. The second-order valence-electron chi connectivity index (χ2n) is 6.55. The lowest BCUT2D eigenvalue weighted by molar-refractivity contribution is -0.386. The van der Waals surface area contributed by atoms with E-state index in [2.05, 4.69) is 10.3 Å². The van der Waals surface area contributed by atoms with Crippen LogP contribution < -0.4 is 30.8 Å². The lowest BCUT2D eigenvalue weighted by atomic mass is 10.1. The molecule has 3 rings (SSSR count). The van der Waals surface area contributed by atoms with E-state index in [-0.39, 0.29) is 39.5 Å². The normalized spacial score (nSPS) is 10.7. The van der Waals surface area contributed by atoms with Gasteiger partial charge in [-0.25, -0.2) is 9.78 Å². The number of ether oxygens (including phenoxy) is 3. The summed E-state index contributed by atoms with van der Waals surface area (Å²) in [5, 5.41) is 14.3. The Kier molecular flexibility index (Phi) is 5.83. The standard InChI is InChI=1S/C19H19N5O8/c1-22-16-11(18(26)23(2)19(22)27)6-9(8-20-16)21-17(25)10-7-12(30-3)14(31-4)15(32-5)13(10)24(28)29/h6-8H,1-5H3,(H,21,25). The van der Waals surface area contributed by atoms with Gasteiger partial charge in [-0.3, -0.25) is 28.8 Å². The van der Waals surface area contributed by atoms with E-state index in [1.165, 1.54) is 52.3 Å². The van der Waals surface area contributed by atoms with E-state index < -0.39 is 27.8 Å². The number of amides is 1. The van der Waals surface area contributed by atoms with Crippen molar-refractivity contribution >= 4 is 28.3 Å². The van der Waals surface area contributed by atoms with Crippen molar-refractivity contribution in [3.05, 3.63) is 54.8 Å². The molecule has 13 heteroatoms. The maximum atomic E-state index is 13.0. The zero-order valence-corrected chi connectivity index (χ0v) is 17.8. The third-order valence-electron chi connectivity index (χ3n) is 4.78. The van der Waals surface area contributed by atoms with E-state index in [9.17, 15) is 24.5 Å². The quantitative estimate of drug-likeness (QED) is 0.428. The average molecular weight is 445 g/mol. The number of methoxy groups -OCH3 is 3. The van der Waals surface area contributed by atoms with Gasteiger partial charge in [0.25, 0.3) is 11.5 Å². The number of aromatic nitrogens is 3. The molecule has 2 heterocycles. The molecule has 2 aromatic heterocycles. The molecule has 168 valence electrons. The molecule has 1 aromatic carbocycles. The number of hydrogen-bond acceptors (Lipinski definition) is 9. The zero-order chi connectivity index (χ0) is 23.7. The molecule has 13 nitrogen and oxygen atoms in total. The number of nitrogens with zero attached hydrogens (tertiary/aromatic N) is 4. The number of carbonyl (C=O) groups is 1. The van der Waals surface area contributed by atoms with E-state index in [1.54, 1.807) is 0 Å². The van der Waals surface area contributed by atoms with Gasteiger partial charge in [0.2, 0.25) is 11.5 Å². The van der Waals surface area contributed by atoms with E-state index in [0.717, 1.165) is 10.6 Å². The summed E-state index contributed by atoms with van der Waals surface area (Å²) in [5.41, 5.74) is -1.95. The van der Waals surface area contributed by atoms with Crippen LogP contribution in [0.1, 0.15) is 10.4 Å². The molecule has 32 heavy (non-hydrogen) atoms. The number of anilines is 1. The second kappa shape index (κ2) is 8.37. The van der Waals surface area contributed by atoms with Crippen LogP contribution in [-0.2, 0) is 14.1 Å². The van der Waals surface area contributed by atoms with Crippen LogP contribution in [0.2, 0.25) is 0 Å². The maximum Gasteiger partial charge on any atom is 0.332 e. The molecule has 0 aliphatic heterocycles. The first-order valence-electron chi connectivity index (χ1n) is 9.00. The first-order chi connectivity index (χ1) is 15.2. The highest BCUT2D eigenvalue weighted by atomic mass is 16.6. The van der Waals surface area contributed by atoms with E-state index >= 15 is 0 Å². The molecular formula is C19H19N5O8. The van der Waals surface area contributed by atoms with Gasteiger partial charge in [-0.2, -0.15) is 0 Å². The van der Waals surface area contributed by atoms with Crippen LogP contribution >= 0.6 is 0 Å². The Morgan fingerprint density at radius 1 is 1.06 bits per heavy atom. The first-order valence-corrected chi connectivity index (χ1v) is 9.00. The second-order valence-corrected chi connectivity index (χ2v) is 6.55. The summed E-state index contributed by atoms with van der Waals surface area (Å²) in [6, 6.07) is 2.47. The summed E-state index contributed by atoms with van der Waals surface area (Å²) in [5.74, 6) is -1.17. The largest absolute Gasteiger partial charge is 0.493 e. The summed E-state index contributed by atoms with van der Waals surface area (Å²) in [7, 11) is 6.54. The molecular weight excluding hydrogens is 426 g/mol. The van der Waals surface area contributed by atoms with Crippen molar-refractivity contribution in [2.24, 2.45) is 14.1 Å². The van der Waals surface area contributed by atoms with Crippen LogP contribution in [0.4, 0.5) is 11.4 Å². The van der Waals surface area contributed by atoms with E-state index in [1.807, 2.05) is 0 Å². The molecule has 0 unspecified atom stereocenters. The molecule has 0 spiro atoms. The number of aryl methyl sites for hydroxylation is 1. The minimum atomic E-state index is -0.876. The Labute approximate surface area is 179 Å². The number of benzene rings is 1. The molecule has 3 aromatic rings. The van der Waals surface area contributed by atoms with Crippen molar-refractivity contribution in [3.63, 3.8) is 0 Å². The van der Waals surface area contributed by atoms with Crippen LogP contribution in [0, 0.1) is 10.1 Å². The Morgan fingerprint density at radius 3 is 2.28 bits per heavy atom. The molecule has 0 aliphatic rings. The number of nitro groups is 1. The van der Waals surface area contributed by atoms with Crippen molar-refractivity contribution in [1.82, 2.24) is 14.1 Å². The highest BCUT2D eigenvalue weighted by molar-refractivity contribution is 6.09. The molecule has 0 radical (unpaired) electrons. The van der Waals surface area contributed by atoms with Gasteiger partial charge in [0, 0.05) is 20.2 Å². The Hall–Kier alpha value is -4.42. The molecule has 0 saturated carbocycles. The molecule has 0 aliphatic carbocycles. The fourth-order valence-corrected chi connectivity index (χ4v) is 3.23. The van der Waals surface area contributed by atoms with E-state index in [0.29, 0.717) is 0 Å². The fraction of sp³-hybridized carbons (Fsp3) is 0.263. The van der Waals surface area contributed by atoms with E-state index in [4.69, 9.17) is 14.2 Å². The van der Waals surface area contributed by atoms with Crippen LogP contribution in [0.25, 0.3) is 11.0 Å². The predicted octanol–water partition coefficient (Wildman–Crippen LogP) is 0.818. The molecule has 1 amide bonds. The van der Waals surface area contributed by atoms with Crippen LogP contribution in [0.15, 0.2) is 27.9 Å².